The van der Waals surface area contributed by atoms with Gasteiger partial charge in [0.1, 0.15) is 12.4 Å². The van der Waals surface area contributed by atoms with Crippen LogP contribution < -0.4 is 15.4 Å². The predicted octanol–water partition coefficient (Wildman–Crippen LogP) is 3.64. The smallest absolute Gasteiger partial charge is 0.276 e. The molecule has 6 heteroatoms. The summed E-state index contributed by atoms with van der Waals surface area (Å²) in [6, 6.07) is 19.4. The van der Waals surface area contributed by atoms with E-state index < -0.39 is 0 Å². The summed E-state index contributed by atoms with van der Waals surface area (Å²) >= 11 is 0. The van der Waals surface area contributed by atoms with E-state index in [0.29, 0.717) is 18.3 Å². The van der Waals surface area contributed by atoms with E-state index in [-0.39, 0.29) is 5.91 Å². The van der Waals surface area contributed by atoms with Gasteiger partial charge in [0, 0.05) is 24.0 Å². The Kier molecular flexibility index (Phi) is 5.68. The number of carbonyl (C=O) groups excluding carboxylic acids is 1. The maximum atomic E-state index is 12.7. The molecule has 1 atom stereocenters. The summed E-state index contributed by atoms with van der Waals surface area (Å²) in [6.45, 7) is 2.32. The van der Waals surface area contributed by atoms with Crippen LogP contribution in [0.3, 0.4) is 0 Å². The van der Waals surface area contributed by atoms with Gasteiger partial charge in [-0.15, -0.1) is 0 Å². The highest BCUT2D eigenvalue weighted by Gasteiger charge is 2.18. The van der Waals surface area contributed by atoms with Crippen molar-refractivity contribution in [3.8, 4) is 5.75 Å². The summed E-state index contributed by atoms with van der Waals surface area (Å²) in [5, 5.41) is 10.8. The summed E-state index contributed by atoms with van der Waals surface area (Å²) < 4.78 is 7.72. The monoisotopic (exact) mass is 376 g/mol. The number of aromatic nitrogens is 2. The molecule has 0 radical (unpaired) electrons. The van der Waals surface area contributed by atoms with Gasteiger partial charge in [-0.05, 0) is 43.7 Å². The van der Waals surface area contributed by atoms with Gasteiger partial charge in [-0.2, -0.15) is 5.10 Å². The first-order chi connectivity index (χ1) is 13.8. The predicted molar refractivity (Wildman–Crippen MR) is 109 cm³/mol. The number of carbonyl (C=O) groups is 1. The van der Waals surface area contributed by atoms with E-state index in [0.717, 1.165) is 42.9 Å². The van der Waals surface area contributed by atoms with Crippen LogP contribution in [0.2, 0.25) is 0 Å². The minimum atomic E-state index is -0.213. The Labute approximate surface area is 164 Å². The second kappa shape index (κ2) is 8.71. The number of hydrogen-bond donors (Lipinski definition) is 2. The Morgan fingerprint density at radius 1 is 1.14 bits per heavy atom. The molecule has 2 aromatic carbocycles. The Balaban J connectivity index is 1.42. The quantitative estimate of drug-likeness (QED) is 0.689. The molecule has 4 rings (SSSR count). The molecular formula is C22H24N4O2. The zero-order chi connectivity index (χ0) is 19.2. The Morgan fingerprint density at radius 2 is 1.96 bits per heavy atom. The molecule has 144 valence electrons. The molecule has 0 saturated carbocycles. The van der Waals surface area contributed by atoms with Crippen molar-refractivity contribution in [1.29, 1.82) is 0 Å². The summed E-state index contributed by atoms with van der Waals surface area (Å²) in [5.41, 5.74) is 2.07. The van der Waals surface area contributed by atoms with Gasteiger partial charge in [0.2, 0.25) is 0 Å². The lowest BCUT2D eigenvalue weighted by Crippen LogP contribution is -2.32. The molecule has 2 N–H and O–H groups in total. The summed E-state index contributed by atoms with van der Waals surface area (Å²) in [7, 11) is 0. The standard InChI is InChI=1S/C22H24N4O2/c27-22(21-12-14-26(25-21)18-8-6-13-23-15-18)24-20-11-5-4-7-17(20)16-28-19-9-2-1-3-10-19/h1-5,7,9-12,14,18,23H,6,8,13,15-16H2,(H,24,27). The molecule has 0 bridgehead atoms. The lowest BCUT2D eigenvalue weighted by Gasteiger charge is -2.22. The number of nitrogens with zero attached hydrogens (tertiary/aromatic N) is 2. The third-order valence-corrected chi connectivity index (χ3v) is 4.89. The van der Waals surface area contributed by atoms with Gasteiger partial charge >= 0.3 is 0 Å². The largest absolute Gasteiger partial charge is 0.489 e. The second-order valence-electron chi connectivity index (χ2n) is 6.89. The van der Waals surface area contributed by atoms with Crippen molar-refractivity contribution in [3.63, 3.8) is 0 Å². The molecule has 1 amide bonds. The Hall–Kier alpha value is -3.12. The maximum Gasteiger partial charge on any atom is 0.276 e. The molecular weight excluding hydrogens is 352 g/mol. The van der Waals surface area contributed by atoms with Crippen molar-refractivity contribution in [2.75, 3.05) is 18.4 Å². The molecule has 0 spiro atoms. The molecule has 1 aromatic heterocycles. The van der Waals surface area contributed by atoms with Crippen molar-refractivity contribution >= 4 is 11.6 Å². The topological polar surface area (TPSA) is 68.2 Å². The molecule has 1 aliphatic rings. The van der Waals surface area contributed by atoms with Gasteiger partial charge in [-0.3, -0.25) is 9.48 Å². The van der Waals surface area contributed by atoms with E-state index in [4.69, 9.17) is 4.74 Å². The first kappa shape index (κ1) is 18.3. The van der Waals surface area contributed by atoms with Gasteiger partial charge in [0.15, 0.2) is 5.69 Å². The molecule has 6 nitrogen and oxygen atoms in total. The number of para-hydroxylation sites is 2. The number of benzene rings is 2. The Bertz CT molecular complexity index is 917. The van der Waals surface area contributed by atoms with Crippen molar-refractivity contribution in [2.24, 2.45) is 0 Å². The number of rotatable bonds is 6. The molecule has 0 aliphatic carbocycles. The SMILES string of the molecule is O=C(Nc1ccccc1COc1ccccc1)c1ccn(C2CCCNC2)n1. The fourth-order valence-electron chi connectivity index (χ4n) is 3.35. The van der Waals surface area contributed by atoms with Crippen molar-refractivity contribution in [2.45, 2.75) is 25.5 Å². The van der Waals surface area contributed by atoms with Gasteiger partial charge in [0.25, 0.3) is 5.91 Å². The number of hydrogen-bond acceptors (Lipinski definition) is 4. The molecule has 1 aliphatic heterocycles. The maximum absolute atomic E-state index is 12.7. The van der Waals surface area contributed by atoms with Crippen LogP contribution in [-0.4, -0.2) is 28.8 Å². The van der Waals surface area contributed by atoms with Gasteiger partial charge in [0.05, 0.1) is 6.04 Å². The third-order valence-electron chi connectivity index (χ3n) is 4.89. The Morgan fingerprint density at radius 3 is 2.79 bits per heavy atom. The van der Waals surface area contributed by atoms with E-state index >= 15 is 0 Å². The van der Waals surface area contributed by atoms with Crippen molar-refractivity contribution in [1.82, 2.24) is 15.1 Å². The van der Waals surface area contributed by atoms with E-state index in [1.54, 1.807) is 6.07 Å². The van der Waals surface area contributed by atoms with E-state index in [1.807, 2.05) is 65.5 Å². The average molecular weight is 376 g/mol. The van der Waals surface area contributed by atoms with Crippen LogP contribution in [0.5, 0.6) is 5.75 Å². The number of ether oxygens (including phenoxy) is 1. The fraction of sp³-hybridized carbons (Fsp3) is 0.273. The van der Waals surface area contributed by atoms with E-state index in [2.05, 4.69) is 15.7 Å². The van der Waals surface area contributed by atoms with Crippen LogP contribution in [0.4, 0.5) is 5.69 Å². The van der Waals surface area contributed by atoms with E-state index in [9.17, 15) is 4.79 Å². The van der Waals surface area contributed by atoms with Crippen LogP contribution in [0.1, 0.15) is 34.9 Å². The average Bonchev–Trinajstić information content (AvgIpc) is 3.25. The molecule has 2 heterocycles. The van der Waals surface area contributed by atoms with Gasteiger partial charge < -0.3 is 15.4 Å². The van der Waals surface area contributed by atoms with Crippen molar-refractivity contribution in [3.05, 3.63) is 78.1 Å². The number of piperidine rings is 1. The first-order valence-electron chi connectivity index (χ1n) is 9.62. The minimum absolute atomic E-state index is 0.213. The summed E-state index contributed by atoms with van der Waals surface area (Å²) in [6.07, 6.45) is 4.09. The zero-order valence-corrected chi connectivity index (χ0v) is 15.7. The minimum Gasteiger partial charge on any atom is -0.489 e. The summed E-state index contributed by atoms with van der Waals surface area (Å²) in [4.78, 5) is 12.7. The molecule has 1 saturated heterocycles. The first-order valence-corrected chi connectivity index (χ1v) is 9.62. The molecule has 1 unspecified atom stereocenters. The third kappa shape index (κ3) is 4.40. The number of anilines is 1. The van der Waals surface area contributed by atoms with Crippen LogP contribution in [0, 0.1) is 0 Å². The molecule has 3 aromatic rings. The summed E-state index contributed by atoms with van der Waals surface area (Å²) in [5.74, 6) is 0.582. The van der Waals surface area contributed by atoms with Crippen molar-refractivity contribution < 1.29 is 9.53 Å². The van der Waals surface area contributed by atoms with Crippen LogP contribution in [0.15, 0.2) is 66.9 Å². The number of nitrogens with one attached hydrogen (secondary N) is 2. The molecule has 28 heavy (non-hydrogen) atoms. The highest BCUT2D eigenvalue weighted by molar-refractivity contribution is 6.03. The second-order valence-corrected chi connectivity index (χ2v) is 6.89. The highest BCUT2D eigenvalue weighted by Crippen LogP contribution is 2.20. The lowest BCUT2D eigenvalue weighted by atomic mass is 10.1. The van der Waals surface area contributed by atoms with E-state index in [1.165, 1.54) is 0 Å². The fourth-order valence-corrected chi connectivity index (χ4v) is 3.35. The van der Waals surface area contributed by atoms with Crippen LogP contribution in [0.25, 0.3) is 0 Å². The molecule has 1 fully saturated rings. The van der Waals surface area contributed by atoms with Gasteiger partial charge in [-0.1, -0.05) is 36.4 Å². The van der Waals surface area contributed by atoms with Gasteiger partial charge in [-0.25, -0.2) is 0 Å². The number of amides is 1. The van der Waals surface area contributed by atoms with Crippen LogP contribution in [-0.2, 0) is 6.61 Å². The lowest BCUT2D eigenvalue weighted by molar-refractivity contribution is 0.102. The highest BCUT2D eigenvalue weighted by atomic mass is 16.5. The van der Waals surface area contributed by atoms with Crippen LogP contribution >= 0.6 is 0 Å². The zero-order valence-electron chi connectivity index (χ0n) is 15.7. The normalized spacial score (nSPS) is 16.5.